The largest absolute Gasteiger partial charge is 0.472 e. The highest BCUT2D eigenvalue weighted by molar-refractivity contribution is 5.04. The van der Waals surface area contributed by atoms with E-state index in [0.717, 1.165) is 18.5 Å². The van der Waals surface area contributed by atoms with Crippen molar-refractivity contribution in [3.05, 3.63) is 24.2 Å². The number of nitrogens with zero attached hydrogens (tertiary/aromatic N) is 1. The fourth-order valence-electron chi connectivity index (χ4n) is 1.44. The SMILES string of the molecule is CCC(C)(O)CN(C)Cc1ccoc1. The zero-order chi connectivity index (χ0) is 10.6. The summed E-state index contributed by atoms with van der Waals surface area (Å²) in [5.74, 6) is 0. The lowest BCUT2D eigenvalue weighted by atomic mass is 10.0. The van der Waals surface area contributed by atoms with Crippen LogP contribution in [0.15, 0.2) is 23.0 Å². The van der Waals surface area contributed by atoms with Crippen molar-refractivity contribution in [2.75, 3.05) is 13.6 Å². The summed E-state index contributed by atoms with van der Waals surface area (Å²) in [7, 11) is 2.00. The normalized spacial score (nSPS) is 15.8. The Hall–Kier alpha value is -0.800. The molecule has 0 aliphatic rings. The maximum absolute atomic E-state index is 9.86. The van der Waals surface area contributed by atoms with Crippen LogP contribution in [0.4, 0.5) is 0 Å². The quantitative estimate of drug-likeness (QED) is 0.783. The summed E-state index contributed by atoms with van der Waals surface area (Å²) in [6.07, 6.45) is 4.17. The minimum Gasteiger partial charge on any atom is -0.472 e. The Morgan fingerprint density at radius 1 is 1.57 bits per heavy atom. The van der Waals surface area contributed by atoms with Crippen LogP contribution >= 0.6 is 0 Å². The van der Waals surface area contributed by atoms with Crippen LogP contribution in [0, 0.1) is 0 Å². The molecule has 0 bridgehead atoms. The Balaban J connectivity index is 2.40. The van der Waals surface area contributed by atoms with Gasteiger partial charge < -0.3 is 9.52 Å². The van der Waals surface area contributed by atoms with E-state index < -0.39 is 5.60 Å². The van der Waals surface area contributed by atoms with Crippen molar-refractivity contribution in [2.24, 2.45) is 0 Å². The van der Waals surface area contributed by atoms with Crippen molar-refractivity contribution >= 4 is 0 Å². The van der Waals surface area contributed by atoms with Gasteiger partial charge in [0.15, 0.2) is 0 Å². The van der Waals surface area contributed by atoms with E-state index in [4.69, 9.17) is 4.42 Å². The van der Waals surface area contributed by atoms with E-state index in [1.165, 1.54) is 0 Å². The van der Waals surface area contributed by atoms with Crippen LogP contribution in [0.2, 0.25) is 0 Å². The molecule has 0 saturated heterocycles. The van der Waals surface area contributed by atoms with E-state index in [2.05, 4.69) is 4.90 Å². The minimum atomic E-state index is -0.599. The van der Waals surface area contributed by atoms with Crippen molar-refractivity contribution in [2.45, 2.75) is 32.4 Å². The molecule has 1 unspecified atom stereocenters. The Kier molecular flexibility index (Phi) is 3.72. The molecule has 1 aromatic heterocycles. The van der Waals surface area contributed by atoms with Gasteiger partial charge in [0.05, 0.1) is 18.1 Å². The van der Waals surface area contributed by atoms with E-state index in [0.29, 0.717) is 6.54 Å². The van der Waals surface area contributed by atoms with Gasteiger partial charge >= 0.3 is 0 Å². The van der Waals surface area contributed by atoms with Crippen LogP contribution in [-0.2, 0) is 6.54 Å². The van der Waals surface area contributed by atoms with Crippen molar-refractivity contribution in [3.63, 3.8) is 0 Å². The number of furan rings is 1. The molecule has 0 aliphatic heterocycles. The molecular weight excluding hydrogens is 178 g/mol. The second-order valence-corrected chi connectivity index (χ2v) is 4.15. The third kappa shape index (κ3) is 3.52. The molecule has 14 heavy (non-hydrogen) atoms. The van der Waals surface area contributed by atoms with Gasteiger partial charge in [0, 0.05) is 18.7 Å². The zero-order valence-electron chi connectivity index (χ0n) is 9.16. The highest BCUT2D eigenvalue weighted by atomic mass is 16.3. The molecule has 0 aromatic carbocycles. The molecule has 0 radical (unpaired) electrons. The molecule has 3 heteroatoms. The van der Waals surface area contributed by atoms with Crippen molar-refractivity contribution < 1.29 is 9.52 Å². The Bertz CT molecular complexity index is 254. The highest BCUT2D eigenvalue weighted by Gasteiger charge is 2.19. The number of hydrogen-bond acceptors (Lipinski definition) is 3. The van der Waals surface area contributed by atoms with E-state index in [9.17, 15) is 5.11 Å². The first-order chi connectivity index (χ1) is 6.53. The van der Waals surface area contributed by atoms with Gasteiger partial charge in [0.1, 0.15) is 0 Å². The predicted octanol–water partition coefficient (Wildman–Crippen LogP) is 1.87. The van der Waals surface area contributed by atoms with Crippen molar-refractivity contribution in [1.82, 2.24) is 4.90 Å². The first kappa shape index (κ1) is 11.3. The number of hydrogen-bond donors (Lipinski definition) is 1. The number of likely N-dealkylation sites (N-methyl/N-ethyl adjacent to an activating group) is 1. The fraction of sp³-hybridized carbons (Fsp3) is 0.636. The number of aliphatic hydroxyl groups is 1. The van der Waals surface area contributed by atoms with Gasteiger partial charge in [-0.1, -0.05) is 6.92 Å². The smallest absolute Gasteiger partial charge is 0.0947 e. The van der Waals surface area contributed by atoms with E-state index in [1.54, 1.807) is 12.5 Å². The van der Waals surface area contributed by atoms with Crippen LogP contribution in [0.3, 0.4) is 0 Å². The summed E-state index contributed by atoms with van der Waals surface area (Å²) in [6, 6.07) is 1.94. The second-order valence-electron chi connectivity index (χ2n) is 4.15. The lowest BCUT2D eigenvalue weighted by molar-refractivity contribution is 0.0217. The molecule has 1 N–H and O–H groups in total. The van der Waals surface area contributed by atoms with Gasteiger partial charge in [0.25, 0.3) is 0 Å². The van der Waals surface area contributed by atoms with Gasteiger partial charge in [-0.05, 0) is 26.5 Å². The van der Waals surface area contributed by atoms with Gasteiger partial charge in [-0.25, -0.2) is 0 Å². The molecule has 1 heterocycles. The summed E-state index contributed by atoms with van der Waals surface area (Å²) < 4.78 is 4.98. The van der Waals surface area contributed by atoms with Crippen LogP contribution < -0.4 is 0 Å². The second kappa shape index (κ2) is 4.62. The average molecular weight is 197 g/mol. The first-order valence-electron chi connectivity index (χ1n) is 4.95. The molecule has 0 amide bonds. The zero-order valence-corrected chi connectivity index (χ0v) is 9.16. The van der Waals surface area contributed by atoms with Crippen LogP contribution in [0.25, 0.3) is 0 Å². The Labute approximate surface area is 85.3 Å². The fourth-order valence-corrected chi connectivity index (χ4v) is 1.44. The van der Waals surface area contributed by atoms with E-state index in [-0.39, 0.29) is 0 Å². The monoisotopic (exact) mass is 197 g/mol. The highest BCUT2D eigenvalue weighted by Crippen LogP contribution is 2.12. The van der Waals surface area contributed by atoms with E-state index in [1.807, 2.05) is 27.0 Å². The summed E-state index contributed by atoms with van der Waals surface area (Å²) in [5.41, 5.74) is 0.540. The summed E-state index contributed by atoms with van der Waals surface area (Å²) in [5, 5.41) is 9.86. The molecule has 1 rings (SSSR count). The maximum atomic E-state index is 9.86. The van der Waals surface area contributed by atoms with Crippen molar-refractivity contribution in [1.29, 1.82) is 0 Å². The molecule has 1 aromatic rings. The molecule has 0 saturated carbocycles. The van der Waals surface area contributed by atoms with Crippen LogP contribution in [0.1, 0.15) is 25.8 Å². The maximum Gasteiger partial charge on any atom is 0.0947 e. The lowest BCUT2D eigenvalue weighted by Crippen LogP contribution is -2.37. The van der Waals surface area contributed by atoms with Gasteiger partial charge in [-0.2, -0.15) is 0 Å². The third-order valence-corrected chi connectivity index (χ3v) is 2.40. The summed E-state index contributed by atoms with van der Waals surface area (Å²) in [6.45, 7) is 5.34. The summed E-state index contributed by atoms with van der Waals surface area (Å²) in [4.78, 5) is 2.09. The Morgan fingerprint density at radius 3 is 2.79 bits per heavy atom. The van der Waals surface area contributed by atoms with Gasteiger partial charge in [-0.3, -0.25) is 4.90 Å². The molecule has 0 spiro atoms. The lowest BCUT2D eigenvalue weighted by Gasteiger charge is -2.27. The standard InChI is InChI=1S/C11H19NO2/c1-4-11(2,13)9-12(3)7-10-5-6-14-8-10/h5-6,8,13H,4,7,9H2,1-3H3. The van der Waals surface area contributed by atoms with Gasteiger partial charge in [-0.15, -0.1) is 0 Å². The first-order valence-corrected chi connectivity index (χ1v) is 4.95. The molecular formula is C11H19NO2. The van der Waals surface area contributed by atoms with Gasteiger partial charge in [0.2, 0.25) is 0 Å². The molecule has 3 nitrogen and oxygen atoms in total. The minimum absolute atomic E-state index is 0.599. The average Bonchev–Trinajstić information content (AvgIpc) is 2.55. The molecule has 0 fully saturated rings. The van der Waals surface area contributed by atoms with Crippen LogP contribution in [-0.4, -0.2) is 29.2 Å². The predicted molar refractivity (Wildman–Crippen MR) is 56.0 cm³/mol. The van der Waals surface area contributed by atoms with Crippen LogP contribution in [0.5, 0.6) is 0 Å². The number of rotatable bonds is 5. The van der Waals surface area contributed by atoms with Crippen molar-refractivity contribution in [3.8, 4) is 0 Å². The molecule has 0 aliphatic carbocycles. The molecule has 1 atom stereocenters. The topological polar surface area (TPSA) is 36.6 Å². The summed E-state index contributed by atoms with van der Waals surface area (Å²) >= 11 is 0. The third-order valence-electron chi connectivity index (χ3n) is 2.40. The Morgan fingerprint density at radius 2 is 2.29 bits per heavy atom. The molecule has 80 valence electrons. The van der Waals surface area contributed by atoms with E-state index >= 15 is 0 Å².